The van der Waals surface area contributed by atoms with E-state index in [0.29, 0.717) is 48.4 Å². The number of aromatic nitrogens is 2. The van der Waals surface area contributed by atoms with Gasteiger partial charge in [-0.05, 0) is 61.3 Å². The van der Waals surface area contributed by atoms with Gasteiger partial charge in [-0.3, -0.25) is 4.79 Å². The maximum absolute atomic E-state index is 13.8. The van der Waals surface area contributed by atoms with E-state index < -0.39 is 29.4 Å². The molecular weight excluding hydrogens is 565 g/mol. The van der Waals surface area contributed by atoms with Crippen molar-refractivity contribution < 1.29 is 36.7 Å². The van der Waals surface area contributed by atoms with Gasteiger partial charge in [-0.1, -0.05) is 25.1 Å². The number of anilines is 2. The summed E-state index contributed by atoms with van der Waals surface area (Å²) < 4.78 is 57.5. The van der Waals surface area contributed by atoms with Gasteiger partial charge in [0.05, 0.1) is 13.7 Å². The van der Waals surface area contributed by atoms with Crippen LogP contribution in [0.15, 0.2) is 47.0 Å². The number of benzene rings is 1. The third kappa shape index (κ3) is 7.29. The zero-order valence-corrected chi connectivity index (χ0v) is 24.2. The van der Waals surface area contributed by atoms with Gasteiger partial charge >= 0.3 is 12.1 Å². The number of ether oxygens (including phenoxy) is 2. The Morgan fingerprint density at radius 3 is 2.49 bits per heavy atom. The van der Waals surface area contributed by atoms with Gasteiger partial charge < -0.3 is 23.7 Å². The zero-order valence-electron chi connectivity index (χ0n) is 24.2. The van der Waals surface area contributed by atoms with Crippen LogP contribution in [0.3, 0.4) is 0 Å². The van der Waals surface area contributed by atoms with Gasteiger partial charge in [0.25, 0.3) is 6.01 Å². The van der Waals surface area contributed by atoms with Crippen molar-refractivity contribution in [1.82, 2.24) is 9.97 Å². The highest BCUT2D eigenvalue weighted by Gasteiger charge is 2.42. The Labute approximate surface area is 248 Å². The van der Waals surface area contributed by atoms with Crippen LogP contribution in [0.1, 0.15) is 64.8 Å². The lowest BCUT2D eigenvalue weighted by molar-refractivity contribution is -0.141. The first-order chi connectivity index (χ1) is 20.6. The minimum Gasteiger partial charge on any atom is -0.492 e. The molecule has 0 amide bonds. The fourth-order valence-corrected chi connectivity index (χ4v) is 5.57. The first-order valence-corrected chi connectivity index (χ1v) is 14.5. The molecule has 0 saturated carbocycles. The standard InChI is InChI=1S/C31H35F3N4O5/c1-20-6-5-13-38(18-20)30-36-28(31(32,33)34)27(43-30)24(39)16-22-9-10-26(35-17-22)37-14-11-21(12-15-37)19-42-25-8-4-3-7-23(25)29(40)41-2/h3-4,7-10,17,20-21H,5-6,11-16,18-19H2,1-2H3. The number of carbonyl (C=O) groups excluding carboxylic acids is 2. The lowest BCUT2D eigenvalue weighted by Crippen LogP contribution is -2.36. The van der Waals surface area contributed by atoms with Gasteiger partial charge in [0.1, 0.15) is 17.1 Å². The molecule has 1 aromatic carbocycles. The monoisotopic (exact) mass is 600 g/mol. The molecule has 3 aromatic rings. The summed E-state index contributed by atoms with van der Waals surface area (Å²) in [6.45, 7) is 5.04. The molecule has 5 rings (SSSR count). The van der Waals surface area contributed by atoms with Crippen molar-refractivity contribution in [2.24, 2.45) is 11.8 Å². The summed E-state index contributed by atoms with van der Waals surface area (Å²) in [6.07, 6.45) is -0.0609. The van der Waals surface area contributed by atoms with E-state index >= 15 is 0 Å². The average Bonchev–Trinajstić information content (AvgIpc) is 3.48. The van der Waals surface area contributed by atoms with Gasteiger partial charge in [-0.15, -0.1) is 0 Å². The second-order valence-electron chi connectivity index (χ2n) is 11.2. The number of hydrogen-bond acceptors (Lipinski definition) is 9. The number of alkyl halides is 3. The Kier molecular flexibility index (Phi) is 9.22. The molecule has 4 heterocycles. The zero-order chi connectivity index (χ0) is 30.6. The second-order valence-corrected chi connectivity index (χ2v) is 11.2. The summed E-state index contributed by atoms with van der Waals surface area (Å²) >= 11 is 0. The minimum atomic E-state index is -4.81. The molecule has 12 heteroatoms. The highest BCUT2D eigenvalue weighted by Crippen LogP contribution is 2.36. The van der Waals surface area contributed by atoms with E-state index in [1.165, 1.54) is 13.3 Å². The first kappa shape index (κ1) is 30.4. The summed E-state index contributed by atoms with van der Waals surface area (Å²) in [7, 11) is 1.33. The molecule has 2 aliphatic heterocycles. The van der Waals surface area contributed by atoms with Crippen molar-refractivity contribution in [3.05, 3.63) is 65.2 Å². The highest BCUT2D eigenvalue weighted by atomic mass is 19.4. The molecule has 2 saturated heterocycles. The summed E-state index contributed by atoms with van der Waals surface area (Å²) in [5.41, 5.74) is -0.407. The van der Waals surface area contributed by atoms with E-state index in [2.05, 4.69) is 14.9 Å². The normalized spacial score (nSPS) is 18.0. The Bertz CT molecular complexity index is 1420. The summed E-state index contributed by atoms with van der Waals surface area (Å²) in [4.78, 5) is 36.9. The molecule has 230 valence electrons. The fourth-order valence-electron chi connectivity index (χ4n) is 5.57. The van der Waals surface area contributed by atoms with Crippen LogP contribution in [-0.4, -0.2) is 61.6 Å². The maximum atomic E-state index is 13.8. The van der Waals surface area contributed by atoms with E-state index in [4.69, 9.17) is 13.9 Å². The molecule has 0 aliphatic carbocycles. The van der Waals surface area contributed by atoms with Gasteiger partial charge in [-0.2, -0.15) is 18.2 Å². The van der Waals surface area contributed by atoms with E-state index in [9.17, 15) is 22.8 Å². The molecule has 9 nitrogen and oxygen atoms in total. The van der Waals surface area contributed by atoms with Crippen molar-refractivity contribution in [3.8, 4) is 5.75 Å². The van der Waals surface area contributed by atoms with Crippen LogP contribution in [0, 0.1) is 11.8 Å². The number of pyridine rings is 1. The molecule has 0 N–H and O–H groups in total. The van der Waals surface area contributed by atoms with Gasteiger partial charge in [0, 0.05) is 38.8 Å². The number of halogens is 3. The van der Waals surface area contributed by atoms with E-state index in [-0.39, 0.29) is 12.4 Å². The first-order valence-electron chi connectivity index (χ1n) is 14.5. The third-order valence-electron chi connectivity index (χ3n) is 7.94. The van der Waals surface area contributed by atoms with Crippen LogP contribution in [0.5, 0.6) is 5.75 Å². The van der Waals surface area contributed by atoms with Gasteiger partial charge in [-0.25, -0.2) is 9.78 Å². The number of Topliss-reactive ketones (excluding diaryl/α,β-unsaturated/α-hetero) is 1. The van der Waals surface area contributed by atoms with Gasteiger partial charge in [0.15, 0.2) is 5.69 Å². The SMILES string of the molecule is COC(=O)c1ccccc1OCC1CCN(c2ccc(CC(=O)c3oc(N4CCCC(C)C4)nc3C(F)(F)F)cn2)CC1. The number of methoxy groups -OCH3 is 1. The predicted octanol–water partition coefficient (Wildman–Crippen LogP) is 5.83. The average molecular weight is 601 g/mol. The molecule has 43 heavy (non-hydrogen) atoms. The largest absolute Gasteiger partial charge is 0.492 e. The number of ketones is 1. The van der Waals surface area contributed by atoms with E-state index in [0.717, 1.165) is 44.6 Å². The van der Waals surface area contributed by atoms with Crippen LogP contribution < -0.4 is 14.5 Å². The lowest BCUT2D eigenvalue weighted by Gasteiger charge is -2.32. The predicted molar refractivity (Wildman–Crippen MR) is 153 cm³/mol. The third-order valence-corrected chi connectivity index (χ3v) is 7.94. The molecule has 2 aromatic heterocycles. The Morgan fingerprint density at radius 1 is 1.05 bits per heavy atom. The lowest BCUT2D eigenvalue weighted by atomic mass is 9.97. The van der Waals surface area contributed by atoms with Crippen LogP contribution >= 0.6 is 0 Å². The number of rotatable bonds is 9. The Balaban J connectivity index is 1.17. The molecule has 0 bridgehead atoms. The molecule has 1 unspecified atom stereocenters. The molecule has 2 aliphatic rings. The van der Waals surface area contributed by atoms with Crippen LogP contribution in [0.25, 0.3) is 0 Å². The van der Waals surface area contributed by atoms with Crippen molar-refractivity contribution in [3.63, 3.8) is 0 Å². The van der Waals surface area contributed by atoms with Crippen molar-refractivity contribution >= 4 is 23.6 Å². The van der Waals surface area contributed by atoms with Gasteiger partial charge in [0.2, 0.25) is 11.5 Å². The van der Waals surface area contributed by atoms with Crippen LogP contribution in [0.4, 0.5) is 25.0 Å². The fraction of sp³-hybridized carbons (Fsp3) is 0.484. The van der Waals surface area contributed by atoms with Crippen molar-refractivity contribution in [2.45, 2.75) is 45.2 Å². The number of para-hydroxylation sites is 1. The minimum absolute atomic E-state index is 0.155. The number of nitrogens with zero attached hydrogens (tertiary/aromatic N) is 4. The summed E-state index contributed by atoms with van der Waals surface area (Å²) in [5, 5.41) is 0. The second kappa shape index (κ2) is 13.0. The Morgan fingerprint density at radius 2 is 1.81 bits per heavy atom. The van der Waals surface area contributed by atoms with Crippen molar-refractivity contribution in [1.29, 1.82) is 0 Å². The quantitative estimate of drug-likeness (QED) is 0.222. The number of hydrogen-bond donors (Lipinski definition) is 0. The van der Waals surface area contributed by atoms with E-state index in [1.807, 2.05) is 6.92 Å². The summed E-state index contributed by atoms with van der Waals surface area (Å²) in [5.74, 6) is -0.184. The van der Waals surface area contributed by atoms with Crippen molar-refractivity contribution in [2.75, 3.05) is 49.7 Å². The maximum Gasteiger partial charge on any atom is 0.437 e. The number of carbonyl (C=O) groups is 2. The van der Waals surface area contributed by atoms with Crippen LogP contribution in [-0.2, 0) is 17.3 Å². The molecule has 0 radical (unpaired) electrons. The number of esters is 1. The number of piperidine rings is 2. The molecule has 2 fully saturated rings. The highest BCUT2D eigenvalue weighted by molar-refractivity contribution is 5.96. The molecule has 1 atom stereocenters. The van der Waals surface area contributed by atoms with Crippen LogP contribution in [0.2, 0.25) is 0 Å². The topological polar surface area (TPSA) is 98.0 Å². The number of oxazole rings is 1. The van der Waals surface area contributed by atoms with E-state index in [1.54, 1.807) is 41.3 Å². The smallest absolute Gasteiger partial charge is 0.437 e. The molecule has 0 spiro atoms. The Hall–Kier alpha value is -4.09. The molecular formula is C31H35F3N4O5. The summed E-state index contributed by atoms with van der Waals surface area (Å²) in [6, 6.07) is 10.3.